The smallest absolute Gasteiger partial charge is 0.246 e. The Bertz CT molecular complexity index is 945. The highest BCUT2D eigenvalue weighted by atomic mass is 35.5. The molecule has 8 heteroatoms. The molecule has 28 heavy (non-hydrogen) atoms. The Kier molecular flexibility index (Phi) is 6.96. The van der Waals surface area contributed by atoms with Crippen LogP contribution in [0.25, 0.3) is 0 Å². The summed E-state index contributed by atoms with van der Waals surface area (Å²) in [6, 6.07) is 11.5. The van der Waals surface area contributed by atoms with Gasteiger partial charge >= 0.3 is 0 Å². The molecule has 0 spiro atoms. The van der Waals surface area contributed by atoms with E-state index < -0.39 is 16.1 Å². The van der Waals surface area contributed by atoms with Crippen molar-refractivity contribution in [2.75, 3.05) is 24.7 Å². The van der Waals surface area contributed by atoms with Crippen LogP contribution in [-0.4, -0.2) is 45.7 Å². The van der Waals surface area contributed by atoms with Gasteiger partial charge < -0.3 is 9.64 Å². The van der Waals surface area contributed by atoms with Gasteiger partial charge in [-0.05, 0) is 37.6 Å². The van der Waals surface area contributed by atoms with E-state index in [-0.39, 0.29) is 10.9 Å². The van der Waals surface area contributed by atoms with Gasteiger partial charge in [0.2, 0.25) is 15.9 Å². The maximum atomic E-state index is 12.9. The maximum absolute atomic E-state index is 12.9. The number of hydrogen-bond acceptors (Lipinski definition) is 4. The molecule has 2 aromatic carbocycles. The molecule has 2 aromatic rings. The van der Waals surface area contributed by atoms with Gasteiger partial charge in [-0.2, -0.15) is 0 Å². The number of anilines is 1. The summed E-state index contributed by atoms with van der Waals surface area (Å²) in [5, 5.41) is 0.265. The molecule has 0 aliphatic heterocycles. The molecule has 152 valence electrons. The predicted molar refractivity (Wildman–Crippen MR) is 112 cm³/mol. The van der Waals surface area contributed by atoms with E-state index in [1.165, 1.54) is 18.1 Å². The molecule has 0 N–H and O–H groups in total. The molecule has 0 saturated heterocycles. The summed E-state index contributed by atoms with van der Waals surface area (Å²) in [5.41, 5.74) is 2.40. The molecule has 6 nitrogen and oxygen atoms in total. The average molecular weight is 425 g/mol. The highest BCUT2D eigenvalue weighted by Crippen LogP contribution is 2.31. The Morgan fingerprint density at radius 3 is 2.29 bits per heavy atom. The normalized spacial score (nSPS) is 12.4. The van der Waals surface area contributed by atoms with E-state index in [0.717, 1.165) is 21.7 Å². The van der Waals surface area contributed by atoms with Gasteiger partial charge in [0, 0.05) is 13.6 Å². The Labute approximate surface area is 171 Å². The summed E-state index contributed by atoms with van der Waals surface area (Å²) < 4.78 is 31.1. The highest BCUT2D eigenvalue weighted by Gasteiger charge is 2.31. The Balaban J connectivity index is 2.29. The lowest BCUT2D eigenvalue weighted by atomic mass is 10.1. The van der Waals surface area contributed by atoms with Gasteiger partial charge in [-0.25, -0.2) is 8.42 Å². The van der Waals surface area contributed by atoms with E-state index in [1.54, 1.807) is 26.1 Å². The molecule has 1 unspecified atom stereocenters. The molecule has 2 rings (SSSR count). The molecule has 0 saturated carbocycles. The van der Waals surface area contributed by atoms with E-state index in [4.69, 9.17) is 16.3 Å². The summed E-state index contributed by atoms with van der Waals surface area (Å²) in [6.45, 7) is 3.93. The number of hydrogen-bond donors (Lipinski definition) is 0. The van der Waals surface area contributed by atoms with Crippen molar-refractivity contribution in [3.63, 3.8) is 0 Å². The second kappa shape index (κ2) is 8.84. The fourth-order valence-corrected chi connectivity index (χ4v) is 4.37. The lowest BCUT2D eigenvalue weighted by Gasteiger charge is -2.31. The first-order chi connectivity index (χ1) is 13.0. The van der Waals surface area contributed by atoms with Gasteiger partial charge in [0.15, 0.2) is 0 Å². The van der Waals surface area contributed by atoms with E-state index in [1.807, 2.05) is 31.2 Å². The van der Waals surface area contributed by atoms with Crippen LogP contribution >= 0.6 is 11.6 Å². The fourth-order valence-electron chi connectivity index (χ4n) is 2.96. The van der Waals surface area contributed by atoms with Crippen molar-refractivity contribution in [3.05, 3.63) is 58.6 Å². The number of amides is 1. The fraction of sp³-hybridized carbons (Fsp3) is 0.350. The third-order valence-corrected chi connectivity index (χ3v) is 5.91. The van der Waals surface area contributed by atoms with Crippen LogP contribution < -0.4 is 9.04 Å². The minimum atomic E-state index is -3.72. The van der Waals surface area contributed by atoms with Gasteiger partial charge in [0.25, 0.3) is 0 Å². The summed E-state index contributed by atoms with van der Waals surface area (Å²) in [5.74, 6) is 0.104. The molecule has 0 bridgehead atoms. The van der Waals surface area contributed by atoms with Crippen molar-refractivity contribution in [1.82, 2.24) is 4.90 Å². The Morgan fingerprint density at radius 1 is 1.18 bits per heavy atom. The van der Waals surface area contributed by atoms with Crippen LogP contribution in [0.2, 0.25) is 5.02 Å². The molecule has 0 radical (unpaired) electrons. The number of carbonyl (C=O) groups excluding carboxylic acids is 1. The third-order valence-electron chi connectivity index (χ3n) is 4.37. The number of nitrogens with zero attached hydrogens (tertiary/aromatic N) is 2. The number of sulfonamides is 1. The number of aryl methyl sites for hydroxylation is 1. The van der Waals surface area contributed by atoms with Crippen LogP contribution in [0.15, 0.2) is 42.5 Å². The van der Waals surface area contributed by atoms with Crippen molar-refractivity contribution in [2.24, 2.45) is 0 Å². The summed E-state index contributed by atoms with van der Waals surface area (Å²) in [6.07, 6.45) is 1.06. The first kappa shape index (κ1) is 22.0. The van der Waals surface area contributed by atoms with Crippen molar-refractivity contribution in [3.8, 4) is 5.75 Å². The molecule has 0 aliphatic carbocycles. The molecular weight excluding hydrogens is 400 g/mol. The minimum Gasteiger partial charge on any atom is -0.495 e. The number of rotatable bonds is 7. The average Bonchev–Trinajstić information content (AvgIpc) is 2.62. The number of likely N-dealkylation sites (N-methyl/N-ethyl adjacent to an activating group) is 1. The monoisotopic (exact) mass is 424 g/mol. The Morgan fingerprint density at radius 2 is 1.79 bits per heavy atom. The van der Waals surface area contributed by atoms with Crippen LogP contribution in [0.5, 0.6) is 5.75 Å². The zero-order valence-corrected chi connectivity index (χ0v) is 18.2. The van der Waals surface area contributed by atoms with Crippen LogP contribution in [0, 0.1) is 6.92 Å². The molecule has 1 amide bonds. The van der Waals surface area contributed by atoms with Crippen molar-refractivity contribution < 1.29 is 17.9 Å². The summed E-state index contributed by atoms with van der Waals surface area (Å²) in [7, 11) is -0.598. The quantitative estimate of drug-likeness (QED) is 0.682. The first-order valence-corrected chi connectivity index (χ1v) is 10.9. The molecule has 0 aliphatic rings. The summed E-state index contributed by atoms with van der Waals surface area (Å²) in [4.78, 5) is 14.5. The van der Waals surface area contributed by atoms with Crippen molar-refractivity contribution >= 4 is 33.2 Å². The topological polar surface area (TPSA) is 66.9 Å². The lowest BCUT2D eigenvalue weighted by Crippen LogP contribution is -2.48. The van der Waals surface area contributed by atoms with E-state index in [9.17, 15) is 13.2 Å². The number of halogens is 1. The number of methoxy groups -OCH3 is 1. The second-order valence-electron chi connectivity index (χ2n) is 6.73. The van der Waals surface area contributed by atoms with Crippen molar-refractivity contribution in [1.29, 1.82) is 0 Å². The van der Waals surface area contributed by atoms with Crippen LogP contribution in [0.4, 0.5) is 5.69 Å². The van der Waals surface area contributed by atoms with E-state index in [0.29, 0.717) is 18.0 Å². The van der Waals surface area contributed by atoms with Crippen LogP contribution in [-0.2, 0) is 21.4 Å². The highest BCUT2D eigenvalue weighted by molar-refractivity contribution is 7.92. The number of ether oxygens (including phenoxy) is 1. The maximum Gasteiger partial charge on any atom is 0.246 e. The molecule has 1 atom stereocenters. The zero-order valence-electron chi connectivity index (χ0n) is 16.6. The largest absolute Gasteiger partial charge is 0.495 e. The molecule has 0 aromatic heterocycles. The SMILES string of the molecule is COc1ccc(N(C(C)C(=O)N(C)Cc2ccc(C)cc2)S(C)(=O)=O)cc1Cl. The van der Waals surface area contributed by atoms with Gasteiger partial charge in [-0.3, -0.25) is 9.10 Å². The van der Waals surface area contributed by atoms with Crippen molar-refractivity contribution in [2.45, 2.75) is 26.4 Å². The van der Waals surface area contributed by atoms with Gasteiger partial charge in [0.05, 0.1) is 24.1 Å². The molecule has 0 heterocycles. The summed E-state index contributed by atoms with van der Waals surface area (Å²) >= 11 is 6.15. The predicted octanol–water partition coefficient (Wildman–Crippen LogP) is 3.47. The molecular formula is C20H25ClN2O4S. The number of benzene rings is 2. The van der Waals surface area contributed by atoms with Gasteiger partial charge in [-0.15, -0.1) is 0 Å². The van der Waals surface area contributed by atoms with Gasteiger partial charge in [-0.1, -0.05) is 41.4 Å². The minimum absolute atomic E-state index is 0.265. The first-order valence-electron chi connectivity index (χ1n) is 8.68. The standard InChI is InChI=1S/C20H25ClN2O4S/c1-14-6-8-16(9-7-14)13-22(3)20(24)15(2)23(28(5,25)26)17-10-11-19(27-4)18(21)12-17/h6-12,15H,13H2,1-5H3. The van der Waals surface area contributed by atoms with Gasteiger partial charge in [0.1, 0.15) is 11.8 Å². The Hall–Kier alpha value is -2.25. The second-order valence-corrected chi connectivity index (χ2v) is 9.00. The molecule has 0 fully saturated rings. The zero-order chi connectivity index (χ0) is 21.1. The number of carbonyl (C=O) groups is 1. The van der Waals surface area contributed by atoms with E-state index in [2.05, 4.69) is 0 Å². The lowest BCUT2D eigenvalue weighted by molar-refractivity contribution is -0.131. The van der Waals surface area contributed by atoms with Crippen LogP contribution in [0.3, 0.4) is 0 Å². The van der Waals surface area contributed by atoms with Crippen LogP contribution in [0.1, 0.15) is 18.1 Å². The van der Waals surface area contributed by atoms with E-state index >= 15 is 0 Å². The third kappa shape index (κ3) is 5.17.